The summed E-state index contributed by atoms with van der Waals surface area (Å²) in [5.41, 5.74) is 6.91. The van der Waals surface area contributed by atoms with E-state index in [0.717, 1.165) is 16.7 Å². The van der Waals surface area contributed by atoms with E-state index in [-0.39, 0.29) is 40.9 Å². The number of aryl methyl sites for hydroxylation is 3. The van der Waals surface area contributed by atoms with Crippen molar-refractivity contribution in [2.24, 2.45) is 0 Å². The van der Waals surface area contributed by atoms with Crippen molar-refractivity contribution in [3.8, 4) is 61.8 Å². The van der Waals surface area contributed by atoms with E-state index in [9.17, 15) is 35.9 Å². The summed E-state index contributed by atoms with van der Waals surface area (Å²) >= 11 is 1.03. The van der Waals surface area contributed by atoms with Crippen LogP contribution in [0, 0.1) is 31.4 Å². The topological polar surface area (TPSA) is 203 Å². The van der Waals surface area contributed by atoms with Crippen LogP contribution in [0.4, 0.5) is 0 Å². The van der Waals surface area contributed by atoms with E-state index in [4.69, 9.17) is 9.97 Å². The Hall–Kier alpha value is -7.62. The third-order valence-electron chi connectivity index (χ3n) is 9.44. The Morgan fingerprint density at radius 3 is 1.78 bits per heavy atom. The van der Waals surface area contributed by atoms with Crippen molar-refractivity contribution in [3.63, 3.8) is 0 Å². The molecule has 2 heterocycles. The van der Waals surface area contributed by atoms with E-state index in [1.807, 2.05) is 37.3 Å². The van der Waals surface area contributed by atoms with Gasteiger partial charge in [-0.05, 0) is 128 Å². The number of nitrogens with one attached hydrogen (secondary N) is 2. The molecule has 2 bridgehead atoms. The predicted molar refractivity (Wildman–Crippen MR) is 236 cm³/mol. The number of aromatic amines is 2. The number of allylic oxidation sites excluding steroid dienone is 4. The van der Waals surface area contributed by atoms with Crippen LogP contribution >= 0.6 is 11.8 Å². The molecule has 0 amide bonds. The molecule has 2 aliphatic rings. The van der Waals surface area contributed by atoms with Gasteiger partial charge in [0.25, 0.3) is 0 Å². The summed E-state index contributed by atoms with van der Waals surface area (Å²) in [7, 11) is 0. The molecule has 59 heavy (non-hydrogen) atoms. The summed E-state index contributed by atoms with van der Waals surface area (Å²) in [6, 6.07) is 15.8. The molecule has 0 unspecified atom stereocenters. The monoisotopic (exact) mass is 803 g/mol. The molecule has 8 N–H and O–H groups in total. The van der Waals surface area contributed by atoms with Gasteiger partial charge in [-0.2, -0.15) is 5.26 Å². The number of thiocyanates is 1. The highest BCUT2D eigenvalue weighted by atomic mass is 32.2. The number of aliphatic hydroxyl groups excluding tert-OH is 2. The lowest BCUT2D eigenvalue weighted by Gasteiger charge is -2.13. The fraction of sp³-hybridized carbons (Fsp3) is 0.0851. The average molecular weight is 804 g/mol. The van der Waals surface area contributed by atoms with Crippen molar-refractivity contribution in [2.75, 3.05) is 0 Å². The number of aromatic hydroxyl groups is 4. The first-order chi connectivity index (χ1) is 28.1. The molecule has 12 heteroatoms. The van der Waals surface area contributed by atoms with Gasteiger partial charge in [0.1, 0.15) is 39.9 Å². The van der Waals surface area contributed by atoms with Crippen molar-refractivity contribution in [1.29, 1.82) is 5.26 Å². The summed E-state index contributed by atoms with van der Waals surface area (Å²) in [5.74, 6) is -1.04. The lowest BCUT2D eigenvalue weighted by Crippen LogP contribution is -2.21. The minimum Gasteiger partial charge on any atom is -0.508 e. The quantitative estimate of drug-likeness (QED) is 0.0604. The van der Waals surface area contributed by atoms with Gasteiger partial charge in [0, 0.05) is 73.1 Å². The normalized spacial score (nSPS) is 12.5. The Labute approximate surface area is 344 Å². The minimum atomic E-state index is -0.195. The number of aromatic nitrogens is 4. The molecule has 4 aromatic rings. The summed E-state index contributed by atoms with van der Waals surface area (Å²) in [6.45, 7) is 18.3. The molecule has 0 saturated heterocycles. The third kappa shape index (κ3) is 9.17. The van der Waals surface area contributed by atoms with E-state index >= 15 is 0 Å². The van der Waals surface area contributed by atoms with Gasteiger partial charge in [0.2, 0.25) is 0 Å². The van der Waals surface area contributed by atoms with Gasteiger partial charge in [-0.25, -0.2) is 4.98 Å². The molecule has 0 saturated carbocycles. The van der Waals surface area contributed by atoms with E-state index in [0.29, 0.717) is 89.4 Å². The van der Waals surface area contributed by atoms with Crippen molar-refractivity contribution < 1.29 is 30.6 Å². The maximum atomic E-state index is 10.8. The largest absolute Gasteiger partial charge is 0.508 e. The second-order valence-corrected chi connectivity index (χ2v) is 14.6. The number of thioether (sulfide) groups is 1. The first kappa shape index (κ1) is 41.0. The van der Waals surface area contributed by atoms with E-state index in [2.05, 4.69) is 35.1 Å². The molecule has 3 aromatic carbocycles. The summed E-state index contributed by atoms with van der Waals surface area (Å²) in [6.07, 6.45) is 9.65. The molecule has 11 nitrogen and oxygen atoms in total. The SMILES string of the molecule is C=Cc1nc(C)c(C2=CC(O)=CC(O)=CC2)c(=C)[nH]c(=C)c(-c2ccc(SC#N)cc2)c2nc(c(-c3cc(O)cc(O)c3)c(C)[nH]c(C)c1-c1cc(O)cc(O)c1)C=C2. The van der Waals surface area contributed by atoms with Crippen LogP contribution in [-0.2, 0) is 0 Å². The number of aliphatic hydroxyl groups is 2. The van der Waals surface area contributed by atoms with E-state index in [1.165, 1.54) is 54.6 Å². The number of phenolic OH excluding ortho intramolecular Hbond substituents is 4. The first-order valence-corrected chi connectivity index (χ1v) is 19.0. The molecule has 0 fully saturated rings. The van der Waals surface area contributed by atoms with Crippen LogP contribution in [0.25, 0.3) is 70.3 Å². The van der Waals surface area contributed by atoms with Gasteiger partial charge in [-0.1, -0.05) is 31.9 Å². The fourth-order valence-corrected chi connectivity index (χ4v) is 7.51. The zero-order chi connectivity index (χ0) is 42.5. The van der Waals surface area contributed by atoms with E-state index in [1.54, 1.807) is 26.0 Å². The highest BCUT2D eigenvalue weighted by molar-refractivity contribution is 8.03. The third-order valence-corrected chi connectivity index (χ3v) is 10.0. The maximum absolute atomic E-state index is 10.8. The van der Waals surface area contributed by atoms with Gasteiger partial charge < -0.3 is 40.6 Å². The lowest BCUT2D eigenvalue weighted by molar-refractivity contribution is 0.405. The second-order valence-electron chi connectivity index (χ2n) is 13.7. The van der Waals surface area contributed by atoms with Crippen molar-refractivity contribution >= 4 is 48.7 Å². The van der Waals surface area contributed by atoms with Crippen molar-refractivity contribution in [3.05, 3.63) is 147 Å². The maximum Gasteiger partial charge on any atom is 0.138 e. The molecule has 1 aliphatic heterocycles. The highest BCUT2D eigenvalue weighted by Crippen LogP contribution is 2.36. The number of nitriles is 1. The molecule has 0 radical (unpaired) electrons. The smallest absolute Gasteiger partial charge is 0.138 e. The Balaban J connectivity index is 1.90. The molecular formula is C47H41N5O6S. The van der Waals surface area contributed by atoms with Gasteiger partial charge >= 0.3 is 0 Å². The van der Waals surface area contributed by atoms with Crippen LogP contribution in [-0.4, -0.2) is 50.6 Å². The number of fused-ring (bicyclic) bond motifs is 2. The lowest BCUT2D eigenvalue weighted by atomic mass is 9.99. The number of phenols is 4. The standard InChI is InChI=1S/C47H41N5O6S/c1-7-41-46(32-17-36(55)22-37(56)18-32)28(5)50-29(6)47(33-19-38(57)23-39(58)20-33)43-15-14-42(52-43)45(30-9-12-40(13-10-30)59-24-48)27(4)49-25(2)44(26(3)51-41)31-8-11-34(53)21-35(54)16-31/h7,9-23,49-50,53-58H,1-2,4,8H2,3,5-6H3. The number of hydrogen-bond donors (Lipinski definition) is 8. The number of nitrogens with zero attached hydrogens (tertiary/aromatic N) is 3. The Bertz CT molecular complexity index is 2850. The van der Waals surface area contributed by atoms with Crippen molar-refractivity contribution in [1.82, 2.24) is 19.9 Å². The number of benzene rings is 3. The molecule has 0 atom stereocenters. The zero-order valence-electron chi connectivity index (χ0n) is 32.5. The molecular weight excluding hydrogens is 763 g/mol. The molecule has 1 aromatic heterocycles. The van der Waals surface area contributed by atoms with Gasteiger partial charge in [0.15, 0.2) is 0 Å². The summed E-state index contributed by atoms with van der Waals surface area (Å²) in [5, 5.41) is 75.8. The van der Waals surface area contributed by atoms with Crippen molar-refractivity contribution in [2.45, 2.75) is 32.1 Å². The van der Waals surface area contributed by atoms with Crippen LogP contribution < -0.4 is 10.7 Å². The second kappa shape index (κ2) is 17.3. The zero-order valence-corrected chi connectivity index (χ0v) is 33.3. The van der Waals surface area contributed by atoms with Gasteiger partial charge in [-0.15, -0.1) is 0 Å². The summed E-state index contributed by atoms with van der Waals surface area (Å²) in [4.78, 5) is 17.7. The number of H-pyrrole nitrogens is 2. The Kier molecular flexibility index (Phi) is 12.0. The van der Waals surface area contributed by atoms with E-state index < -0.39 is 0 Å². The molecule has 0 spiro atoms. The Morgan fingerprint density at radius 1 is 0.661 bits per heavy atom. The van der Waals surface area contributed by atoms with Crippen LogP contribution in [0.15, 0.2) is 102 Å². The fourth-order valence-electron chi connectivity index (χ4n) is 7.13. The van der Waals surface area contributed by atoms with Crippen LogP contribution in [0.1, 0.15) is 46.1 Å². The minimum absolute atomic E-state index is 0.121. The summed E-state index contributed by atoms with van der Waals surface area (Å²) < 4.78 is 0. The number of rotatable bonds is 6. The first-order valence-electron chi connectivity index (χ1n) is 18.2. The molecule has 6 rings (SSSR count). The molecule has 296 valence electrons. The average Bonchev–Trinajstić information content (AvgIpc) is 3.54. The van der Waals surface area contributed by atoms with Gasteiger partial charge in [0.05, 0.1) is 17.1 Å². The van der Waals surface area contributed by atoms with Crippen LogP contribution in [0.3, 0.4) is 0 Å². The van der Waals surface area contributed by atoms with Crippen LogP contribution in [0.2, 0.25) is 0 Å². The molecule has 1 aliphatic carbocycles. The van der Waals surface area contributed by atoms with Crippen LogP contribution in [0.5, 0.6) is 23.0 Å². The number of hydrogen-bond acceptors (Lipinski definition) is 10. The van der Waals surface area contributed by atoms with Gasteiger partial charge in [-0.3, -0.25) is 4.98 Å². The Morgan fingerprint density at radius 2 is 1.20 bits per heavy atom. The highest BCUT2D eigenvalue weighted by Gasteiger charge is 2.18. The predicted octanol–water partition coefficient (Wildman–Crippen LogP) is 9.45.